The lowest BCUT2D eigenvalue weighted by Crippen LogP contribution is -2.69. The van der Waals surface area contributed by atoms with Crippen molar-refractivity contribution >= 4 is 15.7 Å². The van der Waals surface area contributed by atoms with Crippen molar-refractivity contribution in [1.29, 1.82) is 0 Å². The standard InChI is InChI=1S/C17H21FN2O4S/c1-11-7-13(11)16(21)20-9-17(10-20)12(4-6-25(17,22)23)8-24-15-14(18)3-2-5-19-15/h2-3,5,11-13H,4,6-10H2,1H3/t11-,12-,13+/m1/s1. The topological polar surface area (TPSA) is 76.6 Å². The van der Waals surface area contributed by atoms with E-state index in [1.807, 2.05) is 6.92 Å². The van der Waals surface area contributed by atoms with Crippen LogP contribution in [0.5, 0.6) is 5.88 Å². The first kappa shape index (κ1) is 16.8. The number of pyridine rings is 1. The number of hydrogen-bond donors (Lipinski definition) is 0. The summed E-state index contributed by atoms with van der Waals surface area (Å²) in [6.45, 7) is 2.59. The van der Waals surface area contributed by atoms with E-state index in [1.54, 1.807) is 4.90 Å². The van der Waals surface area contributed by atoms with Crippen molar-refractivity contribution in [3.05, 3.63) is 24.1 Å². The molecule has 3 atom stereocenters. The highest BCUT2D eigenvalue weighted by Gasteiger charge is 2.63. The number of rotatable bonds is 4. The van der Waals surface area contributed by atoms with Crippen molar-refractivity contribution in [3.8, 4) is 5.88 Å². The number of halogens is 1. The highest BCUT2D eigenvalue weighted by molar-refractivity contribution is 7.93. The lowest BCUT2D eigenvalue weighted by atomic mass is 9.83. The first-order valence-corrected chi connectivity index (χ1v) is 10.2. The third kappa shape index (κ3) is 2.61. The second kappa shape index (κ2) is 5.65. The van der Waals surface area contributed by atoms with Crippen LogP contribution >= 0.6 is 0 Å². The molecule has 1 saturated carbocycles. The Morgan fingerprint density at radius 2 is 2.20 bits per heavy atom. The highest BCUT2D eigenvalue weighted by atomic mass is 32.2. The van der Waals surface area contributed by atoms with E-state index >= 15 is 0 Å². The fraction of sp³-hybridized carbons (Fsp3) is 0.647. The van der Waals surface area contributed by atoms with E-state index in [1.165, 1.54) is 18.3 Å². The van der Waals surface area contributed by atoms with Gasteiger partial charge in [0, 0.05) is 31.1 Å². The van der Waals surface area contributed by atoms with E-state index < -0.39 is 20.4 Å². The number of hydrogen-bond acceptors (Lipinski definition) is 5. The van der Waals surface area contributed by atoms with E-state index in [2.05, 4.69) is 4.98 Å². The van der Waals surface area contributed by atoms with Gasteiger partial charge in [0.15, 0.2) is 15.7 Å². The summed E-state index contributed by atoms with van der Waals surface area (Å²) in [5.41, 5.74) is 0. The van der Waals surface area contributed by atoms with Crippen LogP contribution in [0, 0.1) is 23.6 Å². The zero-order chi connectivity index (χ0) is 17.8. The van der Waals surface area contributed by atoms with Gasteiger partial charge in [0.2, 0.25) is 11.8 Å². The second-order valence-corrected chi connectivity index (χ2v) is 9.94. The van der Waals surface area contributed by atoms with Crippen molar-refractivity contribution < 1.29 is 22.3 Å². The maximum Gasteiger partial charge on any atom is 0.250 e. The SMILES string of the molecule is C[C@@H]1C[C@@H]1C(=O)N1CC2(C1)[C@@H](COc1ncccc1F)CCS2(=O)=O. The van der Waals surface area contributed by atoms with Crippen molar-refractivity contribution in [2.45, 2.75) is 24.5 Å². The molecule has 1 aromatic heterocycles. The number of sulfone groups is 1. The summed E-state index contributed by atoms with van der Waals surface area (Å²) in [6.07, 6.45) is 2.79. The van der Waals surface area contributed by atoms with Gasteiger partial charge in [-0.2, -0.15) is 0 Å². The molecule has 1 aliphatic carbocycles. The zero-order valence-electron chi connectivity index (χ0n) is 14.0. The number of amides is 1. The Kier molecular flexibility index (Phi) is 3.79. The van der Waals surface area contributed by atoms with Crippen LogP contribution in [-0.2, 0) is 14.6 Å². The zero-order valence-corrected chi connectivity index (χ0v) is 14.8. The van der Waals surface area contributed by atoms with E-state index in [0.29, 0.717) is 12.3 Å². The van der Waals surface area contributed by atoms with Crippen LogP contribution in [0.15, 0.2) is 18.3 Å². The summed E-state index contributed by atoms with van der Waals surface area (Å²) in [5.74, 6) is -0.316. The number of ether oxygens (including phenoxy) is 1. The van der Waals surface area contributed by atoms with Gasteiger partial charge in [-0.15, -0.1) is 0 Å². The average molecular weight is 368 g/mol. The summed E-state index contributed by atoms with van der Waals surface area (Å²) in [7, 11) is -3.29. The van der Waals surface area contributed by atoms with E-state index in [-0.39, 0.29) is 49.1 Å². The molecule has 0 N–H and O–H groups in total. The molecular weight excluding hydrogens is 347 g/mol. The molecule has 0 aromatic carbocycles. The summed E-state index contributed by atoms with van der Waals surface area (Å²) in [6, 6.07) is 2.72. The number of carbonyl (C=O) groups is 1. The molecule has 136 valence electrons. The van der Waals surface area contributed by atoms with E-state index in [0.717, 1.165) is 6.42 Å². The molecule has 2 saturated heterocycles. The Bertz CT molecular complexity index is 807. The van der Waals surface area contributed by atoms with Crippen LogP contribution in [0.1, 0.15) is 19.8 Å². The van der Waals surface area contributed by atoms with Crippen molar-refractivity contribution in [2.24, 2.45) is 17.8 Å². The molecule has 0 bridgehead atoms. The van der Waals surface area contributed by atoms with Crippen molar-refractivity contribution in [2.75, 3.05) is 25.4 Å². The van der Waals surface area contributed by atoms with Gasteiger partial charge in [0.05, 0.1) is 12.4 Å². The second-order valence-electron chi connectivity index (χ2n) is 7.48. The monoisotopic (exact) mass is 368 g/mol. The molecule has 0 unspecified atom stereocenters. The minimum Gasteiger partial charge on any atom is -0.475 e. The summed E-state index contributed by atoms with van der Waals surface area (Å²) >= 11 is 0. The summed E-state index contributed by atoms with van der Waals surface area (Å²) in [4.78, 5) is 17.8. The lowest BCUT2D eigenvalue weighted by Gasteiger charge is -2.50. The largest absolute Gasteiger partial charge is 0.475 e. The molecule has 3 heterocycles. The van der Waals surface area contributed by atoms with Crippen LogP contribution in [-0.4, -0.2) is 54.4 Å². The molecule has 6 nitrogen and oxygen atoms in total. The number of carbonyl (C=O) groups excluding carboxylic acids is 1. The molecular formula is C17H21FN2O4S. The number of likely N-dealkylation sites (tertiary alicyclic amines) is 1. The fourth-order valence-corrected chi connectivity index (χ4v) is 6.42. The molecule has 3 aliphatic rings. The molecule has 1 aromatic rings. The van der Waals surface area contributed by atoms with Gasteiger partial charge in [-0.25, -0.2) is 17.8 Å². The Hall–Kier alpha value is -1.70. The average Bonchev–Trinajstić information content (AvgIpc) is 3.19. The van der Waals surface area contributed by atoms with E-state index in [9.17, 15) is 17.6 Å². The van der Waals surface area contributed by atoms with Crippen LogP contribution < -0.4 is 4.74 Å². The molecule has 4 rings (SSSR count). The third-order valence-electron chi connectivity index (χ3n) is 5.90. The Morgan fingerprint density at radius 1 is 1.48 bits per heavy atom. The molecule has 1 amide bonds. The van der Waals surface area contributed by atoms with Crippen LogP contribution in [0.25, 0.3) is 0 Å². The third-order valence-corrected chi connectivity index (χ3v) is 8.50. The number of nitrogens with zero attached hydrogens (tertiary/aromatic N) is 2. The van der Waals surface area contributed by atoms with Gasteiger partial charge in [-0.3, -0.25) is 4.79 Å². The van der Waals surface area contributed by atoms with Crippen LogP contribution in [0.4, 0.5) is 4.39 Å². The van der Waals surface area contributed by atoms with Gasteiger partial charge in [0.25, 0.3) is 0 Å². The van der Waals surface area contributed by atoms with Gasteiger partial charge in [-0.1, -0.05) is 6.92 Å². The molecule has 0 radical (unpaired) electrons. The predicted molar refractivity (Wildman–Crippen MR) is 88.2 cm³/mol. The maximum atomic E-state index is 13.6. The van der Waals surface area contributed by atoms with Gasteiger partial charge >= 0.3 is 0 Å². The minimum atomic E-state index is -3.29. The number of aromatic nitrogens is 1. The quantitative estimate of drug-likeness (QED) is 0.800. The Balaban J connectivity index is 1.46. The highest BCUT2D eigenvalue weighted by Crippen LogP contribution is 2.47. The van der Waals surface area contributed by atoms with Crippen molar-refractivity contribution in [1.82, 2.24) is 9.88 Å². The van der Waals surface area contributed by atoms with Gasteiger partial charge < -0.3 is 9.64 Å². The minimum absolute atomic E-state index is 0.0544. The fourth-order valence-electron chi connectivity index (χ4n) is 4.02. The van der Waals surface area contributed by atoms with Crippen molar-refractivity contribution in [3.63, 3.8) is 0 Å². The van der Waals surface area contributed by atoms with Crippen LogP contribution in [0.3, 0.4) is 0 Å². The van der Waals surface area contributed by atoms with E-state index in [4.69, 9.17) is 4.74 Å². The first-order valence-electron chi connectivity index (χ1n) is 8.58. The lowest BCUT2D eigenvalue weighted by molar-refractivity contribution is -0.139. The molecule has 8 heteroatoms. The smallest absolute Gasteiger partial charge is 0.250 e. The Labute approximate surface area is 146 Å². The van der Waals surface area contributed by atoms with Crippen LogP contribution in [0.2, 0.25) is 0 Å². The van der Waals surface area contributed by atoms with Gasteiger partial charge in [-0.05, 0) is 30.9 Å². The molecule has 25 heavy (non-hydrogen) atoms. The Morgan fingerprint density at radius 3 is 2.84 bits per heavy atom. The summed E-state index contributed by atoms with van der Waals surface area (Å²) in [5, 5.41) is 0. The molecule has 3 fully saturated rings. The van der Waals surface area contributed by atoms with Gasteiger partial charge in [0.1, 0.15) is 4.75 Å². The predicted octanol–water partition coefficient (Wildman–Crippen LogP) is 1.27. The normalized spacial score (nSPS) is 31.6. The maximum absolute atomic E-state index is 13.6. The first-order chi connectivity index (χ1) is 11.8. The summed E-state index contributed by atoms with van der Waals surface area (Å²) < 4.78 is 43.3. The molecule has 1 spiro atoms. The molecule has 2 aliphatic heterocycles.